The second-order valence-corrected chi connectivity index (χ2v) is 4.13. The molecule has 2 rings (SSSR count). The molecule has 0 unspecified atom stereocenters. The van der Waals surface area contributed by atoms with Crippen LogP contribution in [0, 0.1) is 0 Å². The summed E-state index contributed by atoms with van der Waals surface area (Å²) < 4.78 is 5.30. The normalized spacial score (nSPS) is 10.3. The van der Waals surface area contributed by atoms with E-state index in [-0.39, 0.29) is 17.5 Å². The molecule has 0 aliphatic heterocycles. The van der Waals surface area contributed by atoms with E-state index in [0.717, 1.165) is 17.7 Å². The first-order valence-corrected chi connectivity index (χ1v) is 6.32. The van der Waals surface area contributed by atoms with Crippen molar-refractivity contribution in [3.8, 4) is 0 Å². The number of hydrogen-bond acceptors (Lipinski definition) is 2. The molecule has 1 amide bonds. The number of nitrogens with one attached hydrogen (secondary N) is 1. The summed E-state index contributed by atoms with van der Waals surface area (Å²) in [6.07, 6.45) is 0.863. The number of alkyl halides is 1. The summed E-state index contributed by atoms with van der Waals surface area (Å²) >= 11 is 5.63. The zero-order valence-corrected chi connectivity index (χ0v) is 10.8. The Morgan fingerprint density at radius 3 is 2.72 bits per heavy atom. The second-order valence-electron chi connectivity index (χ2n) is 3.86. The number of carbonyl (C=O) groups excluding carboxylic acids is 1. The maximum absolute atomic E-state index is 12.0. The number of para-hydroxylation sites is 1. The molecule has 94 valence electrons. The number of benzene rings is 1. The molecule has 0 spiro atoms. The van der Waals surface area contributed by atoms with Crippen molar-refractivity contribution >= 4 is 23.2 Å². The SMILES string of the molecule is CCc1ccccc1NC(=O)c1ccc(CCl)o1. The van der Waals surface area contributed by atoms with Gasteiger partial charge in [0.1, 0.15) is 5.76 Å². The molecule has 1 N–H and O–H groups in total. The van der Waals surface area contributed by atoms with E-state index in [1.54, 1.807) is 12.1 Å². The van der Waals surface area contributed by atoms with Gasteiger partial charge in [-0.05, 0) is 30.2 Å². The van der Waals surface area contributed by atoms with Gasteiger partial charge >= 0.3 is 0 Å². The van der Waals surface area contributed by atoms with Gasteiger partial charge in [0.2, 0.25) is 0 Å². The first-order valence-electron chi connectivity index (χ1n) is 5.78. The highest BCUT2D eigenvalue weighted by molar-refractivity contribution is 6.16. The second kappa shape index (κ2) is 5.74. The van der Waals surface area contributed by atoms with Crippen molar-refractivity contribution in [3.63, 3.8) is 0 Å². The van der Waals surface area contributed by atoms with Crippen molar-refractivity contribution in [2.75, 3.05) is 5.32 Å². The fraction of sp³-hybridized carbons (Fsp3) is 0.214. The summed E-state index contributed by atoms with van der Waals surface area (Å²) in [6, 6.07) is 11.0. The Morgan fingerprint density at radius 1 is 1.28 bits per heavy atom. The Morgan fingerprint density at radius 2 is 2.06 bits per heavy atom. The van der Waals surface area contributed by atoms with Crippen LogP contribution in [0.3, 0.4) is 0 Å². The zero-order chi connectivity index (χ0) is 13.0. The van der Waals surface area contributed by atoms with E-state index < -0.39 is 0 Å². The fourth-order valence-corrected chi connectivity index (χ4v) is 1.85. The number of carbonyl (C=O) groups is 1. The van der Waals surface area contributed by atoms with Crippen LogP contribution < -0.4 is 5.32 Å². The van der Waals surface area contributed by atoms with Crippen molar-refractivity contribution in [2.24, 2.45) is 0 Å². The molecule has 0 saturated carbocycles. The zero-order valence-electron chi connectivity index (χ0n) is 10.1. The molecule has 0 aliphatic carbocycles. The molecule has 2 aromatic rings. The van der Waals surface area contributed by atoms with E-state index in [9.17, 15) is 4.79 Å². The van der Waals surface area contributed by atoms with Crippen LogP contribution in [0.4, 0.5) is 5.69 Å². The largest absolute Gasteiger partial charge is 0.455 e. The Balaban J connectivity index is 2.16. The van der Waals surface area contributed by atoms with Crippen LogP contribution in [0.15, 0.2) is 40.8 Å². The topological polar surface area (TPSA) is 42.2 Å². The van der Waals surface area contributed by atoms with Crippen LogP contribution in [-0.4, -0.2) is 5.91 Å². The van der Waals surface area contributed by atoms with Gasteiger partial charge in [-0.3, -0.25) is 4.79 Å². The lowest BCUT2D eigenvalue weighted by Crippen LogP contribution is -2.12. The van der Waals surface area contributed by atoms with E-state index in [1.807, 2.05) is 31.2 Å². The molecular weight excluding hydrogens is 250 g/mol. The smallest absolute Gasteiger partial charge is 0.291 e. The molecular formula is C14H14ClNO2. The quantitative estimate of drug-likeness (QED) is 0.852. The van der Waals surface area contributed by atoms with Crippen molar-refractivity contribution in [1.82, 2.24) is 0 Å². The number of amides is 1. The van der Waals surface area contributed by atoms with Crippen molar-refractivity contribution in [3.05, 3.63) is 53.5 Å². The molecule has 3 nitrogen and oxygen atoms in total. The number of furan rings is 1. The molecule has 0 radical (unpaired) electrons. The monoisotopic (exact) mass is 263 g/mol. The van der Waals surface area contributed by atoms with Crippen LogP contribution in [0.25, 0.3) is 0 Å². The number of aryl methyl sites for hydroxylation is 1. The highest BCUT2D eigenvalue weighted by Crippen LogP contribution is 2.17. The Bertz CT molecular complexity index is 548. The van der Waals surface area contributed by atoms with Gasteiger partial charge in [0.15, 0.2) is 5.76 Å². The molecule has 0 bridgehead atoms. The minimum atomic E-state index is -0.257. The van der Waals surface area contributed by atoms with Gasteiger partial charge in [0, 0.05) is 5.69 Å². The molecule has 18 heavy (non-hydrogen) atoms. The van der Waals surface area contributed by atoms with Gasteiger partial charge in [-0.25, -0.2) is 0 Å². The average molecular weight is 264 g/mol. The Labute approximate surface area is 111 Å². The first kappa shape index (κ1) is 12.7. The van der Waals surface area contributed by atoms with Gasteiger partial charge in [-0.15, -0.1) is 11.6 Å². The van der Waals surface area contributed by atoms with Crippen LogP contribution in [-0.2, 0) is 12.3 Å². The number of hydrogen-bond donors (Lipinski definition) is 1. The standard InChI is InChI=1S/C14H14ClNO2/c1-2-10-5-3-4-6-12(10)16-14(17)13-8-7-11(9-15)18-13/h3-8H,2,9H2,1H3,(H,16,17). The lowest BCUT2D eigenvalue weighted by atomic mass is 10.1. The predicted molar refractivity (Wildman–Crippen MR) is 72.0 cm³/mol. The van der Waals surface area contributed by atoms with Crippen molar-refractivity contribution < 1.29 is 9.21 Å². The van der Waals surface area contributed by atoms with Crippen LogP contribution in [0.2, 0.25) is 0 Å². The molecule has 1 heterocycles. The van der Waals surface area contributed by atoms with E-state index in [2.05, 4.69) is 5.32 Å². The minimum Gasteiger partial charge on any atom is -0.455 e. The van der Waals surface area contributed by atoms with Gasteiger partial charge < -0.3 is 9.73 Å². The average Bonchev–Trinajstić information content (AvgIpc) is 2.88. The van der Waals surface area contributed by atoms with Crippen LogP contribution >= 0.6 is 11.6 Å². The molecule has 0 aliphatic rings. The maximum Gasteiger partial charge on any atom is 0.291 e. The summed E-state index contributed by atoms with van der Waals surface area (Å²) in [7, 11) is 0. The van der Waals surface area contributed by atoms with Crippen LogP contribution in [0.5, 0.6) is 0 Å². The fourth-order valence-electron chi connectivity index (χ4n) is 1.71. The van der Waals surface area contributed by atoms with Crippen LogP contribution in [0.1, 0.15) is 28.8 Å². The third-order valence-electron chi connectivity index (χ3n) is 2.66. The van der Waals surface area contributed by atoms with E-state index in [0.29, 0.717) is 5.76 Å². The summed E-state index contributed by atoms with van der Waals surface area (Å²) in [5.74, 6) is 0.869. The number of rotatable bonds is 4. The van der Waals surface area contributed by atoms with E-state index >= 15 is 0 Å². The molecule has 0 atom stereocenters. The third kappa shape index (κ3) is 2.74. The highest BCUT2D eigenvalue weighted by Gasteiger charge is 2.12. The summed E-state index contributed by atoms with van der Waals surface area (Å²) in [5.41, 5.74) is 1.91. The van der Waals surface area contributed by atoms with Crippen molar-refractivity contribution in [1.29, 1.82) is 0 Å². The molecule has 0 fully saturated rings. The number of anilines is 1. The Kier molecular flexibility index (Phi) is 4.05. The maximum atomic E-state index is 12.0. The summed E-state index contributed by atoms with van der Waals surface area (Å²) in [5, 5.41) is 2.84. The van der Waals surface area contributed by atoms with Crippen molar-refractivity contribution in [2.45, 2.75) is 19.2 Å². The lowest BCUT2D eigenvalue weighted by molar-refractivity contribution is 0.0995. The highest BCUT2D eigenvalue weighted by atomic mass is 35.5. The summed E-state index contributed by atoms with van der Waals surface area (Å²) in [6.45, 7) is 2.05. The van der Waals surface area contributed by atoms with Gasteiger partial charge in [0.25, 0.3) is 5.91 Å². The van der Waals surface area contributed by atoms with Gasteiger partial charge in [-0.2, -0.15) is 0 Å². The minimum absolute atomic E-state index is 0.257. The molecule has 4 heteroatoms. The first-order chi connectivity index (χ1) is 8.74. The van der Waals surface area contributed by atoms with Gasteiger partial charge in [0.05, 0.1) is 5.88 Å². The van der Waals surface area contributed by atoms with Gasteiger partial charge in [-0.1, -0.05) is 25.1 Å². The van der Waals surface area contributed by atoms with E-state index in [4.69, 9.17) is 16.0 Å². The summed E-state index contributed by atoms with van der Waals surface area (Å²) in [4.78, 5) is 12.0. The number of halogens is 1. The lowest BCUT2D eigenvalue weighted by Gasteiger charge is -2.08. The molecule has 0 saturated heterocycles. The van der Waals surface area contributed by atoms with E-state index in [1.165, 1.54) is 0 Å². The Hall–Kier alpha value is -1.74. The predicted octanol–water partition coefficient (Wildman–Crippen LogP) is 3.83. The third-order valence-corrected chi connectivity index (χ3v) is 2.93. The molecule has 1 aromatic carbocycles. The molecule has 1 aromatic heterocycles.